The molecule has 796 valence electrons. The topological polar surface area (TPSA) is 156 Å². The zero-order valence-electron chi connectivity index (χ0n) is 74.4. The summed E-state index contributed by atoms with van der Waals surface area (Å²) in [5, 5.41) is 0. The van der Waals surface area contributed by atoms with E-state index in [0.717, 1.165) is 0 Å². The van der Waals surface area contributed by atoms with Gasteiger partial charge in [0.15, 0.2) is 0 Å². The van der Waals surface area contributed by atoms with Crippen molar-refractivity contribution in [3.8, 4) is 0 Å². The Morgan fingerprint density at radius 2 is 0.193 bits per heavy atom. The molecule has 0 saturated carbocycles. The van der Waals surface area contributed by atoms with Crippen molar-refractivity contribution >= 4 is 90.1 Å². The Labute approximate surface area is 796 Å². The number of anilines is 6. The summed E-state index contributed by atoms with van der Waals surface area (Å²) in [6.45, 7) is 12.1. The van der Waals surface area contributed by atoms with Crippen LogP contribution >= 0.6 is 0 Å². The SMILES string of the molecule is Cc1cc(N)c(N)cc1C.Cc1cc(N)c(N)cc1C.Cc1cc(N)c(N)cc1C.FC(F)(F)c1cc([B-](c2cc(C(F)(F)F)cc(C(F)(F)F)c2)(c2cc(C(F)(F)F)cc(C(F)(F)F)c2)c2cc(C(F)(F)F)cc(C(F)(F)F)c2)cc(C(F)(F)F)c1.FC(F)(F)c1cc([B-](c2cc(C(F)(F)F)cc(C(F)(F)F)c2)(c2cc(C(F)(F)F)cc(C(F)(F)F)c2)c2cc(C(F)(F)F)cc(C(F)(F)F)c2)cc(C(F)(F)F)c1.[H+].[H+].[Ni]. The fourth-order valence-electron chi connectivity index (χ4n) is 14.7. The fourth-order valence-corrected chi connectivity index (χ4v) is 14.7. The van der Waals surface area contributed by atoms with Gasteiger partial charge in [-0.2, -0.15) is 254 Å². The molecular formula is C88H62B2F48N6Ni. The molecule has 0 fully saturated rings. The first-order chi connectivity index (χ1) is 64.4. The maximum absolute atomic E-state index is 14.2. The van der Waals surface area contributed by atoms with Crippen LogP contribution in [0.15, 0.2) is 182 Å². The quantitative estimate of drug-likeness (QED) is 0.0505. The van der Waals surface area contributed by atoms with Crippen molar-refractivity contribution in [3.05, 3.63) is 304 Å². The Balaban J connectivity index is 0.000000466. The molecule has 0 saturated heterocycles. The molecule has 0 heterocycles. The second kappa shape index (κ2) is 41.1. The number of benzene rings is 11. The van der Waals surface area contributed by atoms with Crippen molar-refractivity contribution in [2.24, 2.45) is 0 Å². The molecule has 0 unspecified atom stereocenters. The zero-order valence-corrected chi connectivity index (χ0v) is 73.4. The van der Waals surface area contributed by atoms with Crippen LogP contribution in [0.2, 0.25) is 0 Å². The predicted octanol–water partition coefficient (Wildman–Crippen LogP) is 27.1. The molecule has 12 N–H and O–H groups in total. The first-order valence-corrected chi connectivity index (χ1v) is 38.9. The average Bonchev–Trinajstić information content (AvgIpc) is 0.708. The van der Waals surface area contributed by atoms with Gasteiger partial charge in [-0.1, -0.05) is 97.1 Å². The van der Waals surface area contributed by atoms with E-state index in [1.54, 1.807) is 0 Å². The van der Waals surface area contributed by atoms with Crippen LogP contribution in [0.1, 0.15) is 125 Å². The molecule has 145 heavy (non-hydrogen) atoms. The van der Waals surface area contributed by atoms with Crippen molar-refractivity contribution in [3.63, 3.8) is 0 Å². The van der Waals surface area contributed by atoms with Gasteiger partial charge in [-0.25, -0.2) is 0 Å². The molecule has 57 heteroatoms. The maximum atomic E-state index is 14.2. The van der Waals surface area contributed by atoms with Crippen LogP contribution in [0.25, 0.3) is 0 Å². The Bertz CT molecular complexity index is 5080. The summed E-state index contributed by atoms with van der Waals surface area (Å²) in [5.41, 5.74) is -15.9. The Kier molecular flexibility index (Phi) is 34.3. The van der Waals surface area contributed by atoms with Crippen LogP contribution in [0, 0.1) is 41.5 Å². The van der Waals surface area contributed by atoms with Crippen molar-refractivity contribution in [1.82, 2.24) is 0 Å². The number of alkyl halides is 48. The summed E-state index contributed by atoms with van der Waals surface area (Å²) in [5.74, 6) is 0. The van der Waals surface area contributed by atoms with E-state index >= 15 is 0 Å². The second-order valence-corrected chi connectivity index (χ2v) is 32.1. The maximum Gasteiger partial charge on any atom is 1.00 e. The number of rotatable bonds is 8. The number of hydrogen-bond donors (Lipinski definition) is 6. The van der Waals surface area contributed by atoms with E-state index in [2.05, 4.69) is 0 Å². The van der Waals surface area contributed by atoms with Crippen LogP contribution in [0.4, 0.5) is 245 Å². The van der Waals surface area contributed by atoms with Crippen LogP contribution in [-0.4, -0.2) is 12.3 Å². The van der Waals surface area contributed by atoms with Gasteiger partial charge in [0.25, 0.3) is 0 Å². The van der Waals surface area contributed by atoms with Crippen LogP contribution in [0.3, 0.4) is 0 Å². The minimum absolute atomic E-state index is 0. The van der Waals surface area contributed by atoms with Gasteiger partial charge in [-0.15, -0.1) is 0 Å². The van der Waals surface area contributed by atoms with E-state index in [-0.39, 0.29) is 19.3 Å². The summed E-state index contributed by atoms with van der Waals surface area (Å²) < 4.78 is 682. The number of aryl methyl sites for hydroxylation is 6. The molecule has 0 spiro atoms. The molecule has 0 aliphatic rings. The van der Waals surface area contributed by atoms with Crippen molar-refractivity contribution in [2.45, 2.75) is 140 Å². The Morgan fingerprint density at radius 3 is 0.248 bits per heavy atom. The van der Waals surface area contributed by atoms with Gasteiger partial charge in [-0.3, -0.25) is 0 Å². The third-order valence-electron chi connectivity index (χ3n) is 22.0. The number of nitrogen functional groups attached to an aromatic ring is 6. The monoisotopic (exact) mass is 2190 g/mol. The van der Waals surface area contributed by atoms with Crippen LogP contribution in [-0.2, 0) is 115 Å². The van der Waals surface area contributed by atoms with E-state index in [0.29, 0.717) is 34.1 Å². The normalized spacial score (nSPS) is 13.3. The molecule has 11 aromatic carbocycles. The summed E-state index contributed by atoms with van der Waals surface area (Å²) in [6, 6.07) is -6.26. The van der Waals surface area contributed by atoms with Gasteiger partial charge in [0.05, 0.1) is 123 Å². The summed E-state index contributed by atoms with van der Waals surface area (Å²) in [4.78, 5) is 0. The van der Waals surface area contributed by atoms with Crippen LogP contribution in [0.5, 0.6) is 0 Å². The molecule has 0 bridgehead atoms. The Morgan fingerprint density at radius 1 is 0.131 bits per heavy atom. The zero-order chi connectivity index (χ0) is 111. The molecule has 0 radical (unpaired) electrons. The molecule has 0 aliphatic heterocycles. The van der Waals surface area contributed by atoms with Gasteiger partial charge < -0.3 is 34.4 Å². The van der Waals surface area contributed by atoms with Gasteiger partial charge in [-0.05, 0) is 160 Å². The first kappa shape index (κ1) is 121. The Hall–Kier alpha value is -12.5. The molecule has 0 aliphatic carbocycles. The van der Waals surface area contributed by atoms with Crippen LogP contribution < -0.4 is 78.1 Å². The molecule has 6 nitrogen and oxygen atoms in total. The number of halogens is 48. The van der Waals surface area contributed by atoms with Crippen molar-refractivity contribution < 1.29 is 230 Å². The predicted molar refractivity (Wildman–Crippen MR) is 437 cm³/mol. The molecule has 0 aromatic heterocycles. The molecule has 11 aromatic rings. The van der Waals surface area contributed by atoms with Crippen molar-refractivity contribution in [1.29, 1.82) is 0 Å². The van der Waals surface area contributed by atoms with Gasteiger partial charge in [0.1, 0.15) is 12.3 Å². The van der Waals surface area contributed by atoms with E-state index in [1.807, 2.05) is 77.9 Å². The number of hydrogen-bond acceptors (Lipinski definition) is 6. The standard InChI is InChI=1S/2C32H12BF24.3C8H12N2.Ni/c2*34-25(35,36)13-1-14(26(37,38)39)6-21(5-13)33(22-7-15(27(40,41)42)2-16(8-22)28(43,44)45,23-9-17(29(46,47)48)3-18(10-23)30(49,50)51)24-11-19(31(52,53)54)4-20(12-24)32(55,56)57;3*1-5-3-7(9)8(10)4-6(5)2;/h2*1-12H;3*3-4H,9-10H2,1-2H3;/q2*-1;;;;/p+2. The summed E-state index contributed by atoms with van der Waals surface area (Å²) in [6.07, 6.45) is -110. The first-order valence-electron chi connectivity index (χ1n) is 38.9. The fraction of sp³-hybridized carbons (Fsp3) is 0.250. The van der Waals surface area contributed by atoms with E-state index in [9.17, 15) is 211 Å². The second-order valence-electron chi connectivity index (χ2n) is 32.1. The largest absolute Gasteiger partial charge is 1.00 e. The van der Waals surface area contributed by atoms with Gasteiger partial charge in [0, 0.05) is 16.5 Å². The van der Waals surface area contributed by atoms with Gasteiger partial charge in [0.2, 0.25) is 0 Å². The van der Waals surface area contributed by atoms with Crippen molar-refractivity contribution in [2.75, 3.05) is 34.4 Å². The minimum Gasteiger partial charge on any atom is -0.397 e. The average molecular weight is 2200 g/mol. The van der Waals surface area contributed by atoms with Gasteiger partial charge >= 0.3 is 102 Å². The van der Waals surface area contributed by atoms with E-state index in [4.69, 9.17) is 34.4 Å². The minimum atomic E-state index is -6.13. The van der Waals surface area contributed by atoms with E-state index < -0.39 is 389 Å². The third-order valence-corrected chi connectivity index (χ3v) is 22.0. The summed E-state index contributed by atoms with van der Waals surface area (Å²) >= 11 is 0. The molecular weight excluding hydrogens is 2130 g/mol. The van der Waals surface area contributed by atoms with E-state index in [1.165, 1.54) is 33.4 Å². The molecule has 11 rings (SSSR count). The smallest absolute Gasteiger partial charge is 0.397 e. The molecule has 0 amide bonds. The molecule has 0 atom stereocenters. The third kappa shape index (κ3) is 29.0. The summed E-state index contributed by atoms with van der Waals surface area (Å²) in [7, 11) is 0. The number of nitrogens with two attached hydrogens (primary N) is 6.